The first kappa shape index (κ1) is 7.84. The van der Waals surface area contributed by atoms with Crippen molar-refractivity contribution >= 4 is 12.0 Å². The van der Waals surface area contributed by atoms with E-state index in [-0.39, 0.29) is 6.54 Å². The second-order valence-corrected chi connectivity index (χ2v) is 2.80. The Kier molecular flexibility index (Phi) is 1.72. The Balaban J connectivity index is 2.36. The van der Waals surface area contributed by atoms with Gasteiger partial charge in [0.05, 0.1) is 5.41 Å². The fraction of sp³-hybridized carbons (Fsp3) is 0.667. The van der Waals surface area contributed by atoms with E-state index in [1.807, 2.05) is 0 Å². The minimum atomic E-state index is -0.855. The third-order valence-corrected chi connectivity index (χ3v) is 1.91. The maximum absolute atomic E-state index is 10.5. The van der Waals surface area contributed by atoms with Gasteiger partial charge in [0, 0.05) is 6.54 Å². The Labute approximate surface area is 63.6 Å². The molecule has 1 aliphatic carbocycles. The van der Waals surface area contributed by atoms with Crippen molar-refractivity contribution in [3.05, 3.63) is 0 Å². The summed E-state index contributed by atoms with van der Waals surface area (Å²) in [5, 5.41) is 10.9. The first-order valence-electron chi connectivity index (χ1n) is 3.33. The highest BCUT2D eigenvalue weighted by atomic mass is 16.4. The van der Waals surface area contributed by atoms with Gasteiger partial charge in [0.2, 0.25) is 0 Å². The molecule has 0 atom stereocenters. The predicted molar refractivity (Wildman–Crippen MR) is 36.9 cm³/mol. The van der Waals surface area contributed by atoms with Gasteiger partial charge in [0.1, 0.15) is 0 Å². The van der Waals surface area contributed by atoms with E-state index in [2.05, 4.69) is 5.32 Å². The van der Waals surface area contributed by atoms with E-state index >= 15 is 0 Å². The van der Waals surface area contributed by atoms with Crippen molar-refractivity contribution < 1.29 is 14.7 Å². The largest absolute Gasteiger partial charge is 0.481 e. The Morgan fingerprint density at radius 1 is 1.55 bits per heavy atom. The van der Waals surface area contributed by atoms with Gasteiger partial charge < -0.3 is 16.2 Å². The molecule has 0 bridgehead atoms. The number of hydrogen-bond donors (Lipinski definition) is 3. The molecule has 5 heteroatoms. The molecule has 1 fully saturated rings. The number of primary amides is 1. The maximum atomic E-state index is 10.5. The summed E-state index contributed by atoms with van der Waals surface area (Å²) in [6, 6.07) is -0.669. The molecule has 2 amide bonds. The summed E-state index contributed by atoms with van der Waals surface area (Å²) < 4.78 is 0. The number of rotatable bonds is 3. The molecule has 0 unspecified atom stereocenters. The van der Waals surface area contributed by atoms with Crippen LogP contribution in [0.1, 0.15) is 12.8 Å². The van der Waals surface area contributed by atoms with E-state index in [1.54, 1.807) is 0 Å². The van der Waals surface area contributed by atoms with Crippen molar-refractivity contribution in [3.63, 3.8) is 0 Å². The SMILES string of the molecule is NC(=O)NCC1(C(=O)O)CC1. The van der Waals surface area contributed by atoms with E-state index in [9.17, 15) is 9.59 Å². The molecule has 0 aromatic rings. The van der Waals surface area contributed by atoms with Gasteiger partial charge in [0.15, 0.2) is 0 Å². The van der Waals surface area contributed by atoms with Gasteiger partial charge in [-0.15, -0.1) is 0 Å². The number of carboxylic acid groups (broad SMARTS) is 1. The summed E-state index contributed by atoms with van der Waals surface area (Å²) in [5.74, 6) is -0.855. The molecule has 5 nitrogen and oxygen atoms in total. The summed E-state index contributed by atoms with van der Waals surface area (Å²) in [7, 11) is 0. The molecule has 0 radical (unpaired) electrons. The quantitative estimate of drug-likeness (QED) is 0.518. The molecule has 11 heavy (non-hydrogen) atoms. The Hall–Kier alpha value is -1.26. The number of aliphatic carboxylic acids is 1. The molecule has 1 rings (SSSR count). The third kappa shape index (κ3) is 1.60. The highest BCUT2D eigenvalue weighted by Crippen LogP contribution is 2.45. The lowest BCUT2D eigenvalue weighted by Crippen LogP contribution is -2.37. The van der Waals surface area contributed by atoms with Crippen LogP contribution in [0.3, 0.4) is 0 Å². The van der Waals surface area contributed by atoms with Crippen molar-refractivity contribution in [1.29, 1.82) is 0 Å². The smallest absolute Gasteiger partial charge is 0.312 e. The van der Waals surface area contributed by atoms with Crippen molar-refractivity contribution in [3.8, 4) is 0 Å². The second-order valence-electron chi connectivity index (χ2n) is 2.80. The number of carbonyl (C=O) groups excluding carboxylic acids is 1. The fourth-order valence-corrected chi connectivity index (χ4v) is 0.873. The van der Waals surface area contributed by atoms with Gasteiger partial charge in [-0.2, -0.15) is 0 Å². The monoisotopic (exact) mass is 158 g/mol. The van der Waals surface area contributed by atoms with Crippen LogP contribution in [0.4, 0.5) is 4.79 Å². The van der Waals surface area contributed by atoms with Crippen molar-refractivity contribution in [1.82, 2.24) is 5.32 Å². The van der Waals surface area contributed by atoms with E-state index < -0.39 is 17.4 Å². The molecular weight excluding hydrogens is 148 g/mol. The molecule has 62 valence electrons. The van der Waals surface area contributed by atoms with Gasteiger partial charge in [-0.25, -0.2) is 4.79 Å². The summed E-state index contributed by atoms with van der Waals surface area (Å²) in [6.07, 6.45) is 1.26. The molecule has 0 spiro atoms. The van der Waals surface area contributed by atoms with Crippen LogP contribution >= 0.6 is 0 Å². The first-order chi connectivity index (χ1) is 5.07. The van der Waals surface area contributed by atoms with E-state index in [4.69, 9.17) is 10.8 Å². The van der Waals surface area contributed by atoms with Gasteiger partial charge in [-0.3, -0.25) is 4.79 Å². The normalized spacial score (nSPS) is 18.9. The van der Waals surface area contributed by atoms with Gasteiger partial charge in [0.25, 0.3) is 0 Å². The van der Waals surface area contributed by atoms with Crippen molar-refractivity contribution in [2.75, 3.05) is 6.54 Å². The highest BCUT2D eigenvalue weighted by molar-refractivity contribution is 5.79. The average molecular weight is 158 g/mol. The molecule has 1 aliphatic rings. The minimum Gasteiger partial charge on any atom is -0.481 e. The summed E-state index contributed by atoms with van der Waals surface area (Å²) in [4.78, 5) is 20.7. The summed E-state index contributed by atoms with van der Waals surface area (Å²) >= 11 is 0. The molecule has 0 aromatic carbocycles. The molecular formula is C6H10N2O3. The number of carbonyl (C=O) groups is 2. The number of carboxylic acids is 1. The topological polar surface area (TPSA) is 92.4 Å². The minimum absolute atomic E-state index is 0.150. The number of urea groups is 1. The van der Waals surface area contributed by atoms with Crippen LogP contribution in [0.5, 0.6) is 0 Å². The standard InChI is InChI=1S/C6H10N2O3/c7-5(11)8-3-6(1-2-6)4(9)10/h1-3H2,(H,9,10)(H3,7,8,11). The van der Waals surface area contributed by atoms with Crippen molar-refractivity contribution in [2.24, 2.45) is 11.1 Å². The number of amides is 2. The second kappa shape index (κ2) is 2.41. The Morgan fingerprint density at radius 2 is 2.09 bits per heavy atom. The van der Waals surface area contributed by atoms with E-state index in [0.29, 0.717) is 12.8 Å². The van der Waals surface area contributed by atoms with Crippen LogP contribution in [0, 0.1) is 5.41 Å². The zero-order valence-corrected chi connectivity index (χ0v) is 5.96. The van der Waals surface area contributed by atoms with E-state index in [1.165, 1.54) is 0 Å². The fourth-order valence-electron chi connectivity index (χ4n) is 0.873. The lowest BCUT2D eigenvalue weighted by atomic mass is 10.1. The lowest BCUT2D eigenvalue weighted by Gasteiger charge is -2.08. The first-order valence-corrected chi connectivity index (χ1v) is 3.33. The lowest BCUT2D eigenvalue weighted by molar-refractivity contribution is -0.143. The van der Waals surface area contributed by atoms with E-state index in [0.717, 1.165) is 0 Å². The Morgan fingerprint density at radius 3 is 2.36 bits per heavy atom. The number of nitrogens with one attached hydrogen (secondary N) is 1. The average Bonchev–Trinajstić information content (AvgIpc) is 2.63. The molecule has 0 heterocycles. The molecule has 0 aromatic heterocycles. The molecule has 0 saturated heterocycles. The summed E-state index contributed by atoms with van der Waals surface area (Å²) in [5.41, 5.74) is 4.07. The maximum Gasteiger partial charge on any atom is 0.312 e. The van der Waals surface area contributed by atoms with Crippen LogP contribution in [0.2, 0.25) is 0 Å². The molecule has 4 N–H and O–H groups in total. The zero-order chi connectivity index (χ0) is 8.48. The Bertz CT molecular complexity index is 198. The summed E-state index contributed by atoms with van der Waals surface area (Å²) in [6.45, 7) is 0.150. The number of nitrogens with two attached hydrogens (primary N) is 1. The molecule has 0 aliphatic heterocycles. The van der Waals surface area contributed by atoms with Crippen LogP contribution in [-0.4, -0.2) is 23.7 Å². The van der Waals surface area contributed by atoms with Crippen molar-refractivity contribution in [2.45, 2.75) is 12.8 Å². The van der Waals surface area contributed by atoms with Crippen LogP contribution < -0.4 is 11.1 Å². The zero-order valence-electron chi connectivity index (χ0n) is 5.96. The van der Waals surface area contributed by atoms with Gasteiger partial charge in [-0.1, -0.05) is 0 Å². The van der Waals surface area contributed by atoms with Gasteiger partial charge in [-0.05, 0) is 12.8 Å². The highest BCUT2D eigenvalue weighted by Gasteiger charge is 2.50. The third-order valence-electron chi connectivity index (χ3n) is 1.91. The van der Waals surface area contributed by atoms with Crippen LogP contribution in [0.15, 0.2) is 0 Å². The van der Waals surface area contributed by atoms with Gasteiger partial charge >= 0.3 is 12.0 Å². The number of hydrogen-bond acceptors (Lipinski definition) is 2. The van der Waals surface area contributed by atoms with Crippen LogP contribution in [0.25, 0.3) is 0 Å². The van der Waals surface area contributed by atoms with Crippen LogP contribution in [-0.2, 0) is 4.79 Å². The molecule has 1 saturated carbocycles. The predicted octanol–water partition coefficient (Wildman–Crippen LogP) is -0.481.